The summed E-state index contributed by atoms with van der Waals surface area (Å²) in [5.41, 5.74) is 0.593. The summed E-state index contributed by atoms with van der Waals surface area (Å²) in [4.78, 5) is 0. The molecule has 0 saturated heterocycles. The van der Waals surface area contributed by atoms with Crippen LogP contribution in [0.2, 0.25) is 0 Å². The summed E-state index contributed by atoms with van der Waals surface area (Å²) in [5, 5.41) is 0. The summed E-state index contributed by atoms with van der Waals surface area (Å²) in [7, 11) is -8.54. The van der Waals surface area contributed by atoms with Gasteiger partial charge in [-0.2, -0.15) is 16.8 Å². The fraction of sp³-hybridized carbons (Fsp3) is 0.143. The smallest absolute Gasteiger partial charge is 0.285 e. The molecular formula is C7H10O7S2. The van der Waals surface area contributed by atoms with Crippen molar-refractivity contribution in [3.63, 3.8) is 0 Å². The summed E-state index contributed by atoms with van der Waals surface area (Å²) < 4.78 is 60.7. The van der Waals surface area contributed by atoms with E-state index in [2.05, 4.69) is 0 Å². The van der Waals surface area contributed by atoms with E-state index in [0.717, 1.165) is 0 Å². The molecule has 92 valence electrons. The average molecular weight is 270 g/mol. The highest BCUT2D eigenvalue weighted by Gasteiger charge is 2.04. The van der Waals surface area contributed by atoms with Gasteiger partial charge in [-0.15, -0.1) is 0 Å². The molecule has 0 spiro atoms. The van der Waals surface area contributed by atoms with Crippen molar-refractivity contribution in [2.24, 2.45) is 0 Å². The molecule has 0 radical (unpaired) electrons. The second-order valence-electron chi connectivity index (χ2n) is 2.66. The highest BCUT2D eigenvalue weighted by Crippen LogP contribution is 2.02. The van der Waals surface area contributed by atoms with E-state index in [1.54, 1.807) is 30.3 Å². The first kappa shape index (κ1) is 15.0. The van der Waals surface area contributed by atoms with E-state index in [0.29, 0.717) is 5.56 Å². The Bertz CT molecular complexity index is 495. The molecule has 0 amide bonds. The van der Waals surface area contributed by atoms with E-state index in [-0.39, 0.29) is 5.75 Å². The minimum atomic E-state index is -4.67. The molecule has 0 aliphatic carbocycles. The van der Waals surface area contributed by atoms with Gasteiger partial charge in [0, 0.05) is 0 Å². The first-order valence-electron chi connectivity index (χ1n) is 3.77. The van der Waals surface area contributed by atoms with Crippen LogP contribution in [0.1, 0.15) is 5.56 Å². The lowest BCUT2D eigenvalue weighted by Crippen LogP contribution is -2.00. The Morgan fingerprint density at radius 1 is 0.875 bits per heavy atom. The van der Waals surface area contributed by atoms with Crippen molar-refractivity contribution in [2.75, 3.05) is 0 Å². The van der Waals surface area contributed by atoms with Gasteiger partial charge in [0.25, 0.3) is 10.1 Å². The highest BCUT2D eigenvalue weighted by molar-refractivity contribution is 7.85. The maximum atomic E-state index is 10.4. The van der Waals surface area contributed by atoms with Crippen molar-refractivity contribution < 1.29 is 30.5 Å². The first-order chi connectivity index (χ1) is 7.08. The molecule has 0 bridgehead atoms. The predicted octanol–water partition coefficient (Wildman–Crippen LogP) is 0.422. The SMILES string of the molecule is O=S(=O)(O)Cc1ccccc1.O=S(=O)(O)O. The Labute approximate surface area is 93.1 Å². The molecule has 0 aromatic heterocycles. The van der Waals surface area contributed by atoms with E-state index in [1.165, 1.54) is 0 Å². The second kappa shape index (κ2) is 5.92. The molecule has 0 fully saturated rings. The van der Waals surface area contributed by atoms with Crippen molar-refractivity contribution in [1.29, 1.82) is 0 Å². The van der Waals surface area contributed by atoms with Gasteiger partial charge >= 0.3 is 10.4 Å². The molecule has 0 aliphatic rings. The Hall–Kier alpha value is -1.00. The Morgan fingerprint density at radius 3 is 1.56 bits per heavy atom. The number of hydrogen-bond acceptors (Lipinski definition) is 4. The molecule has 3 N–H and O–H groups in total. The van der Waals surface area contributed by atoms with Crippen LogP contribution in [0, 0.1) is 0 Å². The van der Waals surface area contributed by atoms with Gasteiger partial charge in [-0.3, -0.25) is 13.7 Å². The lowest BCUT2D eigenvalue weighted by Gasteiger charge is -1.95. The van der Waals surface area contributed by atoms with Gasteiger partial charge in [0.15, 0.2) is 0 Å². The molecular weight excluding hydrogens is 260 g/mol. The lowest BCUT2D eigenvalue weighted by molar-refractivity contribution is 0.381. The van der Waals surface area contributed by atoms with Crippen LogP contribution in [0.15, 0.2) is 30.3 Å². The zero-order valence-corrected chi connectivity index (χ0v) is 9.52. The second-order valence-corrected chi connectivity index (χ2v) is 5.01. The topological polar surface area (TPSA) is 129 Å². The molecule has 1 aromatic rings. The van der Waals surface area contributed by atoms with Crippen molar-refractivity contribution in [3.05, 3.63) is 35.9 Å². The van der Waals surface area contributed by atoms with Crippen molar-refractivity contribution >= 4 is 20.5 Å². The third kappa shape index (κ3) is 13.0. The normalized spacial score (nSPS) is 11.4. The molecule has 0 atom stereocenters. The van der Waals surface area contributed by atoms with Gasteiger partial charge in [0.1, 0.15) is 5.75 Å². The van der Waals surface area contributed by atoms with Crippen LogP contribution in [0.5, 0.6) is 0 Å². The minimum Gasteiger partial charge on any atom is -0.285 e. The summed E-state index contributed by atoms with van der Waals surface area (Å²) in [6.45, 7) is 0. The van der Waals surface area contributed by atoms with Crippen LogP contribution >= 0.6 is 0 Å². The molecule has 1 aromatic carbocycles. The summed E-state index contributed by atoms with van der Waals surface area (Å²) in [6.07, 6.45) is 0. The summed E-state index contributed by atoms with van der Waals surface area (Å²) in [6, 6.07) is 8.52. The van der Waals surface area contributed by atoms with E-state index in [9.17, 15) is 8.42 Å². The largest absolute Gasteiger partial charge is 0.394 e. The van der Waals surface area contributed by atoms with Gasteiger partial charge in [0.05, 0.1) is 0 Å². The fourth-order valence-corrected chi connectivity index (χ4v) is 1.40. The van der Waals surface area contributed by atoms with Gasteiger partial charge in [0.2, 0.25) is 0 Å². The molecule has 9 heteroatoms. The molecule has 0 unspecified atom stereocenters. The molecule has 0 heterocycles. The molecule has 0 saturated carbocycles. The third-order valence-electron chi connectivity index (χ3n) is 1.19. The van der Waals surface area contributed by atoms with E-state index >= 15 is 0 Å². The zero-order chi connectivity index (χ0) is 12.8. The maximum Gasteiger partial charge on any atom is 0.394 e. The van der Waals surface area contributed by atoms with Crippen molar-refractivity contribution in [3.8, 4) is 0 Å². The lowest BCUT2D eigenvalue weighted by atomic mass is 10.2. The van der Waals surface area contributed by atoms with Gasteiger partial charge < -0.3 is 0 Å². The summed E-state index contributed by atoms with van der Waals surface area (Å²) in [5.74, 6) is -0.312. The summed E-state index contributed by atoms with van der Waals surface area (Å²) >= 11 is 0. The average Bonchev–Trinajstić information content (AvgIpc) is 1.99. The first-order valence-corrected chi connectivity index (χ1v) is 6.77. The Kier molecular flexibility index (Phi) is 5.55. The minimum absolute atomic E-state index is 0.312. The highest BCUT2D eigenvalue weighted by atomic mass is 32.3. The van der Waals surface area contributed by atoms with Gasteiger partial charge in [-0.1, -0.05) is 30.3 Å². The number of hydrogen-bond donors (Lipinski definition) is 3. The van der Waals surface area contributed by atoms with E-state index in [1.807, 2.05) is 0 Å². The molecule has 16 heavy (non-hydrogen) atoms. The van der Waals surface area contributed by atoms with Crippen LogP contribution in [0.25, 0.3) is 0 Å². The van der Waals surface area contributed by atoms with Crippen molar-refractivity contribution in [2.45, 2.75) is 5.75 Å². The van der Waals surface area contributed by atoms with Crippen LogP contribution < -0.4 is 0 Å². The van der Waals surface area contributed by atoms with Gasteiger partial charge in [-0.25, -0.2) is 0 Å². The van der Waals surface area contributed by atoms with E-state index in [4.69, 9.17) is 22.1 Å². The molecule has 0 aliphatic heterocycles. The van der Waals surface area contributed by atoms with Crippen LogP contribution in [-0.4, -0.2) is 30.5 Å². The fourth-order valence-electron chi connectivity index (χ4n) is 0.785. The Morgan fingerprint density at radius 2 is 1.25 bits per heavy atom. The maximum absolute atomic E-state index is 10.4. The van der Waals surface area contributed by atoms with Crippen LogP contribution in [-0.2, 0) is 26.3 Å². The monoisotopic (exact) mass is 270 g/mol. The predicted molar refractivity (Wildman–Crippen MR) is 55.9 cm³/mol. The molecule has 1 rings (SSSR count). The van der Waals surface area contributed by atoms with Crippen LogP contribution in [0.3, 0.4) is 0 Å². The van der Waals surface area contributed by atoms with Crippen LogP contribution in [0.4, 0.5) is 0 Å². The quantitative estimate of drug-likeness (QED) is 0.664. The number of rotatable bonds is 2. The van der Waals surface area contributed by atoms with E-state index < -0.39 is 20.5 Å². The number of benzene rings is 1. The molecule has 7 nitrogen and oxygen atoms in total. The Balaban J connectivity index is 0.000000385. The van der Waals surface area contributed by atoms with Gasteiger partial charge in [-0.05, 0) is 5.56 Å². The third-order valence-corrected chi connectivity index (χ3v) is 1.89. The zero-order valence-electron chi connectivity index (χ0n) is 7.88. The standard InChI is InChI=1S/C7H8O3S.H2O4S/c8-11(9,10)6-7-4-2-1-3-5-7;1-5(2,3)4/h1-5H,6H2,(H,8,9,10);(H2,1,2,3,4). The van der Waals surface area contributed by atoms with Crippen molar-refractivity contribution in [1.82, 2.24) is 0 Å².